The van der Waals surface area contributed by atoms with E-state index in [1.54, 1.807) is 24.3 Å². The fourth-order valence-electron chi connectivity index (χ4n) is 4.11. The van der Waals surface area contributed by atoms with Gasteiger partial charge in [0.15, 0.2) is 0 Å². The lowest BCUT2D eigenvalue weighted by Crippen LogP contribution is -1.97. The summed E-state index contributed by atoms with van der Waals surface area (Å²) in [5, 5.41) is 1.25. The van der Waals surface area contributed by atoms with Crippen molar-refractivity contribution in [1.29, 1.82) is 0 Å². The van der Waals surface area contributed by atoms with E-state index in [0.29, 0.717) is 21.9 Å². The minimum Gasteiger partial charge on any atom is -0.207 e. The highest BCUT2D eigenvalue weighted by Crippen LogP contribution is 2.45. The van der Waals surface area contributed by atoms with Crippen LogP contribution in [-0.2, 0) is 0 Å². The van der Waals surface area contributed by atoms with Gasteiger partial charge in [-0.25, -0.2) is 17.6 Å². The van der Waals surface area contributed by atoms with Crippen LogP contribution in [0.5, 0.6) is 0 Å². The molecule has 4 heteroatoms. The number of hydrogen-bond acceptors (Lipinski definition) is 0. The van der Waals surface area contributed by atoms with Gasteiger partial charge in [0, 0.05) is 33.5 Å². The van der Waals surface area contributed by atoms with E-state index in [2.05, 4.69) is 0 Å². The van der Waals surface area contributed by atoms with Crippen LogP contribution >= 0.6 is 0 Å². The molecule has 0 bridgehead atoms. The van der Waals surface area contributed by atoms with Crippen LogP contribution in [0, 0.1) is 23.3 Å². The lowest BCUT2D eigenvalue weighted by atomic mass is 9.85. The summed E-state index contributed by atoms with van der Waals surface area (Å²) >= 11 is 0. The second kappa shape index (κ2) is 6.99. The number of benzene rings is 5. The van der Waals surface area contributed by atoms with Crippen molar-refractivity contribution in [2.75, 3.05) is 0 Å². The molecule has 5 aromatic carbocycles. The van der Waals surface area contributed by atoms with Crippen LogP contribution in [-0.4, -0.2) is 0 Å². The summed E-state index contributed by atoms with van der Waals surface area (Å²) < 4.78 is 58.7. The Balaban J connectivity index is 2.08. The Morgan fingerprint density at radius 3 is 1.67 bits per heavy atom. The van der Waals surface area contributed by atoms with Crippen LogP contribution in [0.3, 0.4) is 0 Å². The van der Waals surface area contributed by atoms with Gasteiger partial charge in [-0.3, -0.25) is 0 Å². The van der Waals surface area contributed by atoms with Crippen molar-refractivity contribution >= 4 is 21.5 Å². The van der Waals surface area contributed by atoms with Gasteiger partial charge in [0.1, 0.15) is 23.3 Å². The summed E-state index contributed by atoms with van der Waals surface area (Å²) in [6.45, 7) is 0. The fourth-order valence-corrected chi connectivity index (χ4v) is 4.11. The zero-order chi connectivity index (χ0) is 20.8. The molecule has 0 aromatic heterocycles. The molecule has 0 aliphatic heterocycles. The molecule has 0 atom stereocenters. The highest BCUT2D eigenvalue weighted by Gasteiger charge is 2.23. The number of hydrogen-bond donors (Lipinski definition) is 0. The standard InChI is InChI=1S/C26H14F4/c27-16-10-11-19(22(30)14-16)24-18-9-5-4-8-17(18)23(15-6-2-1-3-7-15)25-20(28)12-13-21(29)26(24)25/h1-14H. The third kappa shape index (κ3) is 2.76. The van der Waals surface area contributed by atoms with E-state index in [4.69, 9.17) is 0 Å². The van der Waals surface area contributed by atoms with Gasteiger partial charge in [-0.1, -0.05) is 54.6 Å². The highest BCUT2D eigenvalue weighted by atomic mass is 19.1. The molecule has 146 valence electrons. The lowest BCUT2D eigenvalue weighted by Gasteiger charge is -2.19. The first-order valence-electron chi connectivity index (χ1n) is 9.39. The Hall–Kier alpha value is -3.66. The van der Waals surface area contributed by atoms with E-state index in [-0.39, 0.29) is 21.9 Å². The SMILES string of the molecule is Fc1ccc(-c2c3ccccc3c(-c3ccccc3)c3c(F)ccc(F)c23)c(F)c1. The molecule has 0 heterocycles. The molecule has 0 saturated heterocycles. The molecule has 0 fully saturated rings. The second-order valence-corrected chi connectivity index (χ2v) is 7.06. The van der Waals surface area contributed by atoms with E-state index in [0.717, 1.165) is 24.3 Å². The van der Waals surface area contributed by atoms with Gasteiger partial charge in [-0.15, -0.1) is 0 Å². The first kappa shape index (κ1) is 18.4. The minimum absolute atomic E-state index is 0.0155. The van der Waals surface area contributed by atoms with Crippen LogP contribution in [0.1, 0.15) is 0 Å². The zero-order valence-corrected chi connectivity index (χ0v) is 15.6. The van der Waals surface area contributed by atoms with Crippen molar-refractivity contribution in [3.05, 3.63) is 108 Å². The fraction of sp³-hybridized carbons (Fsp3) is 0. The number of rotatable bonds is 2. The lowest BCUT2D eigenvalue weighted by molar-refractivity contribution is 0.585. The maximum Gasteiger partial charge on any atom is 0.133 e. The molecular weight excluding hydrogens is 388 g/mol. The molecular formula is C26H14F4. The molecule has 0 aliphatic rings. The zero-order valence-electron chi connectivity index (χ0n) is 15.6. The summed E-state index contributed by atoms with van der Waals surface area (Å²) in [7, 11) is 0. The van der Waals surface area contributed by atoms with Crippen molar-refractivity contribution in [2.45, 2.75) is 0 Å². The summed E-state index contributed by atoms with van der Waals surface area (Å²) in [5.74, 6) is -2.86. The maximum atomic E-state index is 15.2. The van der Waals surface area contributed by atoms with Crippen molar-refractivity contribution in [1.82, 2.24) is 0 Å². The molecule has 0 aliphatic carbocycles. The molecule has 0 spiro atoms. The monoisotopic (exact) mass is 402 g/mol. The van der Waals surface area contributed by atoms with Crippen molar-refractivity contribution in [2.24, 2.45) is 0 Å². The first-order chi connectivity index (χ1) is 14.6. The van der Waals surface area contributed by atoms with Crippen molar-refractivity contribution in [3.8, 4) is 22.3 Å². The topological polar surface area (TPSA) is 0 Å². The van der Waals surface area contributed by atoms with Gasteiger partial charge in [0.25, 0.3) is 0 Å². The largest absolute Gasteiger partial charge is 0.207 e. The smallest absolute Gasteiger partial charge is 0.133 e. The third-order valence-corrected chi connectivity index (χ3v) is 5.33. The Labute approximate surface area is 170 Å². The second-order valence-electron chi connectivity index (χ2n) is 7.06. The minimum atomic E-state index is -0.836. The van der Waals surface area contributed by atoms with E-state index in [1.807, 2.05) is 30.3 Å². The summed E-state index contributed by atoms with van der Waals surface area (Å²) in [5.41, 5.74) is 1.47. The van der Waals surface area contributed by atoms with Crippen LogP contribution in [0.25, 0.3) is 43.8 Å². The molecule has 0 radical (unpaired) electrons. The van der Waals surface area contributed by atoms with Crippen LogP contribution in [0.15, 0.2) is 84.9 Å². The van der Waals surface area contributed by atoms with E-state index < -0.39 is 23.3 Å². The van der Waals surface area contributed by atoms with Crippen molar-refractivity contribution in [3.63, 3.8) is 0 Å². The highest BCUT2D eigenvalue weighted by molar-refractivity contribution is 6.21. The average molecular weight is 402 g/mol. The van der Waals surface area contributed by atoms with Crippen LogP contribution in [0.4, 0.5) is 17.6 Å². The molecule has 0 N–H and O–H groups in total. The molecule has 0 nitrogen and oxygen atoms in total. The molecule has 30 heavy (non-hydrogen) atoms. The quantitative estimate of drug-likeness (QED) is 0.208. The molecule has 0 saturated carbocycles. The van der Waals surface area contributed by atoms with Gasteiger partial charge in [-0.05, 0) is 40.6 Å². The average Bonchev–Trinajstić information content (AvgIpc) is 2.76. The van der Waals surface area contributed by atoms with Gasteiger partial charge in [0.2, 0.25) is 0 Å². The number of fused-ring (bicyclic) bond motifs is 2. The maximum absolute atomic E-state index is 15.2. The van der Waals surface area contributed by atoms with Crippen LogP contribution < -0.4 is 0 Å². The molecule has 0 unspecified atom stereocenters. The summed E-state index contributed by atoms with van der Waals surface area (Å²) in [6.07, 6.45) is 0. The summed E-state index contributed by atoms with van der Waals surface area (Å²) in [6, 6.07) is 21.4. The Kier molecular flexibility index (Phi) is 4.28. The molecule has 5 rings (SSSR count). The third-order valence-electron chi connectivity index (χ3n) is 5.33. The molecule has 5 aromatic rings. The van der Waals surface area contributed by atoms with Gasteiger partial charge >= 0.3 is 0 Å². The van der Waals surface area contributed by atoms with Gasteiger partial charge < -0.3 is 0 Å². The molecule has 0 amide bonds. The Bertz CT molecular complexity index is 1420. The van der Waals surface area contributed by atoms with Crippen molar-refractivity contribution < 1.29 is 17.6 Å². The Morgan fingerprint density at radius 2 is 1.03 bits per heavy atom. The van der Waals surface area contributed by atoms with Crippen LogP contribution in [0.2, 0.25) is 0 Å². The predicted molar refractivity (Wildman–Crippen MR) is 112 cm³/mol. The van der Waals surface area contributed by atoms with Gasteiger partial charge in [0.05, 0.1) is 0 Å². The summed E-state index contributed by atoms with van der Waals surface area (Å²) in [4.78, 5) is 0. The van der Waals surface area contributed by atoms with E-state index in [9.17, 15) is 8.78 Å². The van der Waals surface area contributed by atoms with E-state index >= 15 is 8.78 Å². The first-order valence-corrected chi connectivity index (χ1v) is 9.39. The normalized spacial score (nSPS) is 11.3. The van der Waals surface area contributed by atoms with Gasteiger partial charge in [-0.2, -0.15) is 0 Å². The predicted octanol–water partition coefficient (Wildman–Crippen LogP) is 7.88. The van der Waals surface area contributed by atoms with E-state index in [1.165, 1.54) is 6.07 Å². The Morgan fingerprint density at radius 1 is 0.467 bits per heavy atom. The number of halogens is 4.